The maximum absolute atomic E-state index is 11.8. The third-order valence-electron chi connectivity index (χ3n) is 2.60. The minimum atomic E-state index is -3.30. The molecule has 0 spiro atoms. The summed E-state index contributed by atoms with van der Waals surface area (Å²) in [6.45, 7) is 5.24. The summed E-state index contributed by atoms with van der Waals surface area (Å²) in [6.07, 6.45) is -0.0548. The fourth-order valence-corrected chi connectivity index (χ4v) is 2.83. The average Bonchev–Trinajstić information content (AvgIpc) is 2.63. The molecule has 1 rings (SSSR count). The van der Waals surface area contributed by atoms with Crippen LogP contribution in [0, 0.1) is 0 Å². The van der Waals surface area contributed by atoms with Crippen LogP contribution in [0.3, 0.4) is 0 Å². The van der Waals surface area contributed by atoms with Gasteiger partial charge in [-0.25, -0.2) is 13.1 Å². The molecule has 1 aliphatic heterocycles. The highest BCUT2D eigenvalue weighted by molar-refractivity contribution is 7.89. The summed E-state index contributed by atoms with van der Waals surface area (Å²) in [4.78, 5) is 0. The molecule has 7 heteroatoms. The minimum Gasteiger partial charge on any atom is -0.378 e. The van der Waals surface area contributed by atoms with Gasteiger partial charge in [-0.1, -0.05) is 0 Å². The number of methoxy groups -OCH3 is 1. The number of sulfonamides is 1. The molecular weight excluding hydrogens is 244 g/mol. The summed E-state index contributed by atoms with van der Waals surface area (Å²) in [7, 11) is -1.71. The van der Waals surface area contributed by atoms with E-state index in [1.807, 2.05) is 13.8 Å². The van der Waals surface area contributed by atoms with E-state index >= 15 is 0 Å². The van der Waals surface area contributed by atoms with Crippen LogP contribution < -0.4 is 10.0 Å². The first kappa shape index (κ1) is 14.8. The van der Waals surface area contributed by atoms with Gasteiger partial charge in [0.1, 0.15) is 0 Å². The zero-order valence-electron chi connectivity index (χ0n) is 10.6. The van der Waals surface area contributed by atoms with E-state index in [2.05, 4.69) is 10.0 Å². The van der Waals surface area contributed by atoms with Crippen molar-refractivity contribution in [2.75, 3.05) is 32.6 Å². The van der Waals surface area contributed by atoms with Crippen LogP contribution in [-0.4, -0.2) is 59.2 Å². The Balaban J connectivity index is 2.38. The number of hydrogen-bond donors (Lipinski definition) is 2. The quantitative estimate of drug-likeness (QED) is 0.638. The standard InChI is InChI=1S/C10H22N2O4S/c1-8(2)16-4-5-17(13,14)12-9-6-11-7-10(9)15-3/h8-12H,4-7H2,1-3H3/t9?,10-/m0/s1. The Morgan fingerprint density at radius 1 is 1.41 bits per heavy atom. The summed E-state index contributed by atoms with van der Waals surface area (Å²) in [6, 6.07) is -0.191. The van der Waals surface area contributed by atoms with Gasteiger partial charge in [-0.2, -0.15) is 0 Å². The van der Waals surface area contributed by atoms with Crippen LogP contribution in [0.4, 0.5) is 0 Å². The van der Waals surface area contributed by atoms with Gasteiger partial charge in [0.2, 0.25) is 10.0 Å². The minimum absolute atomic E-state index is 0.0158. The van der Waals surface area contributed by atoms with Crippen LogP contribution in [0.5, 0.6) is 0 Å². The lowest BCUT2D eigenvalue weighted by atomic mass is 10.2. The molecule has 0 saturated carbocycles. The van der Waals surface area contributed by atoms with Crippen molar-refractivity contribution >= 4 is 10.0 Å². The van der Waals surface area contributed by atoms with Crippen molar-refractivity contribution < 1.29 is 17.9 Å². The Morgan fingerprint density at radius 2 is 2.12 bits per heavy atom. The summed E-state index contributed by atoms with van der Waals surface area (Å²) in [5.41, 5.74) is 0. The molecule has 0 bridgehead atoms. The molecule has 6 nitrogen and oxygen atoms in total. The largest absolute Gasteiger partial charge is 0.378 e. The smallest absolute Gasteiger partial charge is 0.214 e. The molecule has 2 N–H and O–H groups in total. The molecule has 2 atom stereocenters. The highest BCUT2D eigenvalue weighted by atomic mass is 32.2. The maximum atomic E-state index is 11.8. The van der Waals surface area contributed by atoms with E-state index in [9.17, 15) is 8.42 Å². The molecule has 0 aromatic carbocycles. The van der Waals surface area contributed by atoms with Crippen LogP contribution in [-0.2, 0) is 19.5 Å². The van der Waals surface area contributed by atoms with Crippen molar-refractivity contribution in [3.05, 3.63) is 0 Å². The Morgan fingerprint density at radius 3 is 2.71 bits per heavy atom. The van der Waals surface area contributed by atoms with E-state index in [-0.39, 0.29) is 30.6 Å². The first-order chi connectivity index (χ1) is 7.94. The van der Waals surface area contributed by atoms with E-state index in [0.29, 0.717) is 13.1 Å². The van der Waals surface area contributed by atoms with Crippen LogP contribution in [0.15, 0.2) is 0 Å². The van der Waals surface area contributed by atoms with E-state index in [1.165, 1.54) is 0 Å². The van der Waals surface area contributed by atoms with E-state index < -0.39 is 10.0 Å². The topological polar surface area (TPSA) is 76.7 Å². The molecule has 1 fully saturated rings. The lowest BCUT2D eigenvalue weighted by Gasteiger charge is -2.18. The second-order valence-electron chi connectivity index (χ2n) is 4.40. The van der Waals surface area contributed by atoms with Gasteiger partial charge in [-0.15, -0.1) is 0 Å². The molecule has 102 valence electrons. The van der Waals surface area contributed by atoms with Gasteiger partial charge < -0.3 is 14.8 Å². The fourth-order valence-electron chi connectivity index (χ4n) is 1.70. The van der Waals surface area contributed by atoms with Crippen molar-refractivity contribution in [1.29, 1.82) is 0 Å². The molecule has 0 aliphatic carbocycles. The number of rotatable bonds is 7. The second kappa shape index (κ2) is 6.65. The first-order valence-electron chi connectivity index (χ1n) is 5.79. The lowest BCUT2D eigenvalue weighted by Crippen LogP contribution is -2.44. The van der Waals surface area contributed by atoms with Crippen molar-refractivity contribution in [2.24, 2.45) is 0 Å². The molecule has 0 radical (unpaired) electrons. The molecule has 0 aromatic heterocycles. The van der Waals surface area contributed by atoms with Gasteiger partial charge >= 0.3 is 0 Å². The zero-order chi connectivity index (χ0) is 12.9. The van der Waals surface area contributed by atoms with Crippen LogP contribution in [0.2, 0.25) is 0 Å². The van der Waals surface area contributed by atoms with E-state index in [4.69, 9.17) is 9.47 Å². The van der Waals surface area contributed by atoms with Crippen LogP contribution in [0.1, 0.15) is 13.8 Å². The van der Waals surface area contributed by atoms with E-state index in [1.54, 1.807) is 7.11 Å². The van der Waals surface area contributed by atoms with Gasteiger partial charge in [-0.3, -0.25) is 0 Å². The number of nitrogens with one attached hydrogen (secondary N) is 2. The van der Waals surface area contributed by atoms with Gasteiger partial charge in [-0.05, 0) is 13.8 Å². The second-order valence-corrected chi connectivity index (χ2v) is 6.27. The first-order valence-corrected chi connectivity index (χ1v) is 7.45. The number of ether oxygens (including phenoxy) is 2. The maximum Gasteiger partial charge on any atom is 0.214 e. The lowest BCUT2D eigenvalue weighted by molar-refractivity contribution is 0.0903. The average molecular weight is 266 g/mol. The SMILES string of the molecule is CO[C@H]1CNCC1NS(=O)(=O)CCOC(C)C. The predicted molar refractivity (Wildman–Crippen MR) is 65.5 cm³/mol. The monoisotopic (exact) mass is 266 g/mol. The molecular formula is C10H22N2O4S. The molecule has 17 heavy (non-hydrogen) atoms. The third kappa shape index (κ3) is 5.31. The van der Waals surface area contributed by atoms with Crippen molar-refractivity contribution in [3.8, 4) is 0 Å². The molecule has 1 aliphatic rings. The van der Waals surface area contributed by atoms with Crippen LogP contribution >= 0.6 is 0 Å². The Labute approximate surface area is 103 Å². The zero-order valence-corrected chi connectivity index (χ0v) is 11.4. The fraction of sp³-hybridized carbons (Fsp3) is 1.00. The van der Waals surface area contributed by atoms with Crippen molar-refractivity contribution in [3.63, 3.8) is 0 Å². The normalized spacial score (nSPS) is 25.6. The highest BCUT2D eigenvalue weighted by Gasteiger charge is 2.30. The molecule has 1 saturated heterocycles. The summed E-state index contributed by atoms with van der Waals surface area (Å²) >= 11 is 0. The van der Waals surface area contributed by atoms with Gasteiger partial charge in [0.05, 0.1) is 30.6 Å². The van der Waals surface area contributed by atoms with E-state index in [0.717, 1.165) is 0 Å². The van der Waals surface area contributed by atoms with Gasteiger partial charge in [0, 0.05) is 20.2 Å². The predicted octanol–water partition coefficient (Wildman–Crippen LogP) is -0.682. The Hall–Kier alpha value is -0.210. The highest BCUT2D eigenvalue weighted by Crippen LogP contribution is 2.05. The molecule has 1 unspecified atom stereocenters. The molecule has 0 amide bonds. The molecule has 0 aromatic rings. The summed E-state index contributed by atoms with van der Waals surface area (Å²) < 4.78 is 36.6. The van der Waals surface area contributed by atoms with Crippen molar-refractivity contribution in [1.82, 2.24) is 10.0 Å². The van der Waals surface area contributed by atoms with Gasteiger partial charge in [0.25, 0.3) is 0 Å². The molecule has 1 heterocycles. The van der Waals surface area contributed by atoms with Crippen molar-refractivity contribution in [2.45, 2.75) is 32.1 Å². The Kier molecular flexibility index (Phi) is 5.81. The Bertz CT molecular complexity index is 318. The summed E-state index contributed by atoms with van der Waals surface area (Å²) in [5, 5.41) is 3.09. The van der Waals surface area contributed by atoms with Gasteiger partial charge in [0.15, 0.2) is 0 Å². The third-order valence-corrected chi connectivity index (χ3v) is 3.96. The van der Waals surface area contributed by atoms with Crippen LogP contribution in [0.25, 0.3) is 0 Å². The summed E-state index contributed by atoms with van der Waals surface area (Å²) in [5.74, 6) is -0.0158. The number of hydrogen-bond acceptors (Lipinski definition) is 5.